The van der Waals surface area contributed by atoms with Gasteiger partial charge in [0.25, 0.3) is 0 Å². The largest absolute Gasteiger partial charge is 0.479 e. The number of oxazole rings is 1. The molecule has 0 radical (unpaired) electrons. The van der Waals surface area contributed by atoms with Crippen LogP contribution in [0, 0.1) is 0 Å². The molecule has 2 atom stereocenters. The molecule has 102 valence electrons. The Kier molecular flexibility index (Phi) is 4.34. The first-order valence-electron chi connectivity index (χ1n) is 4.46. The van der Waals surface area contributed by atoms with Crippen LogP contribution in [0.2, 0.25) is 0 Å². The predicted octanol–water partition coefficient (Wildman–Crippen LogP) is -0.342. The van der Waals surface area contributed by atoms with Gasteiger partial charge in [-0.2, -0.15) is 8.42 Å². The number of nitrogens with zero attached hydrogens (tertiary/aromatic N) is 1. The molecule has 11 heteroatoms. The average Bonchev–Trinajstić information content (AvgIpc) is 2.56. The molecule has 0 saturated carbocycles. The fraction of sp³-hybridized carbons (Fsp3) is 0.429. The normalized spacial score (nSPS) is 15.3. The Hall–Kier alpha value is -1.14. The highest BCUT2D eigenvalue weighted by Crippen LogP contribution is 2.25. The number of hydrogen-bond acceptors (Lipinski definition) is 8. The summed E-state index contributed by atoms with van der Waals surface area (Å²) in [6.07, 6.45) is -1.22. The highest BCUT2D eigenvalue weighted by Gasteiger charge is 2.28. The summed E-state index contributed by atoms with van der Waals surface area (Å²) in [6.45, 7) is 1.22. The van der Waals surface area contributed by atoms with E-state index in [-0.39, 0.29) is 5.89 Å². The topological polar surface area (TPSA) is 153 Å². The van der Waals surface area contributed by atoms with E-state index in [0.29, 0.717) is 0 Å². The molecule has 0 aromatic carbocycles. The molecule has 4 N–H and O–H groups in total. The maximum absolute atomic E-state index is 10.9. The minimum Gasteiger partial charge on any atom is -0.479 e. The number of carbonyl (C=O) groups is 1. The lowest BCUT2D eigenvalue weighted by atomic mass is 10.2. The summed E-state index contributed by atoms with van der Waals surface area (Å²) < 4.78 is 38.2. The molecule has 0 aliphatic heterocycles. The zero-order chi connectivity index (χ0) is 14.1. The van der Waals surface area contributed by atoms with Crippen molar-refractivity contribution in [1.82, 2.24) is 4.98 Å². The Labute approximate surface area is 107 Å². The minimum absolute atomic E-state index is 0.332. The first-order valence-corrected chi connectivity index (χ1v) is 6.27. The van der Waals surface area contributed by atoms with Gasteiger partial charge in [0.2, 0.25) is 16.7 Å². The lowest BCUT2D eigenvalue weighted by Crippen LogP contribution is -2.28. The Balaban J connectivity index is 2.94. The Bertz CT molecular complexity index is 552. The van der Waals surface area contributed by atoms with E-state index in [9.17, 15) is 18.3 Å². The molecule has 1 aromatic rings. The number of aromatic hydroxyl groups is 1. The van der Waals surface area contributed by atoms with Crippen LogP contribution in [-0.4, -0.2) is 34.3 Å². The van der Waals surface area contributed by atoms with Crippen LogP contribution in [0.5, 0.6) is 5.95 Å². The van der Waals surface area contributed by atoms with Crippen LogP contribution in [0.1, 0.15) is 29.3 Å². The number of aromatic nitrogens is 1. The number of thiol groups is 1. The molecule has 0 fully saturated rings. The van der Waals surface area contributed by atoms with Crippen LogP contribution in [-0.2, 0) is 14.6 Å². The third-order valence-corrected chi connectivity index (χ3v) is 2.65. The molecule has 1 heterocycles. The van der Waals surface area contributed by atoms with Gasteiger partial charge in [0, 0.05) is 0 Å². The molecular weight excluding hydrogens is 288 g/mol. The van der Waals surface area contributed by atoms with Gasteiger partial charge in [-0.3, -0.25) is 9.35 Å². The first-order chi connectivity index (χ1) is 8.11. The van der Waals surface area contributed by atoms with Crippen molar-refractivity contribution in [3.63, 3.8) is 0 Å². The van der Waals surface area contributed by atoms with Gasteiger partial charge in [-0.1, -0.05) is 12.6 Å². The lowest BCUT2D eigenvalue weighted by molar-refractivity contribution is 0.108. The Morgan fingerprint density at radius 3 is 2.56 bits per heavy atom. The van der Waals surface area contributed by atoms with Crippen LogP contribution >= 0.6 is 12.6 Å². The summed E-state index contributed by atoms with van der Waals surface area (Å²) in [7, 11) is -4.69. The SMILES string of the molecule is C[C@@H](OS(=O)(=O)O)[C@H](N)c1nc(C(=O)S)c(O)o1. The molecule has 0 saturated heterocycles. The number of hydrogen-bond donors (Lipinski definition) is 4. The van der Waals surface area contributed by atoms with Crippen molar-refractivity contribution in [3.05, 3.63) is 11.6 Å². The Morgan fingerprint density at radius 1 is 1.61 bits per heavy atom. The molecule has 1 rings (SSSR count). The van der Waals surface area contributed by atoms with Crippen LogP contribution in [0.15, 0.2) is 4.42 Å². The Morgan fingerprint density at radius 2 is 2.17 bits per heavy atom. The maximum Gasteiger partial charge on any atom is 0.397 e. The molecule has 0 aliphatic rings. The van der Waals surface area contributed by atoms with Crippen LogP contribution in [0.4, 0.5) is 0 Å². The molecule has 1 aromatic heterocycles. The standard InChI is InChI=1S/C7H10N2O7S2/c1-2(16-18(12,13)14)3(8)5-9-4(7(11)17)6(10)15-5/h2-3,10H,8H2,1H3,(H,11,17)(H,12,13,14)/t2-,3+/m1/s1. The van der Waals surface area contributed by atoms with Gasteiger partial charge in [0.05, 0.1) is 0 Å². The molecule has 0 bridgehead atoms. The molecule has 9 nitrogen and oxygen atoms in total. The van der Waals surface area contributed by atoms with E-state index in [2.05, 4.69) is 26.2 Å². The van der Waals surface area contributed by atoms with Crippen molar-refractivity contribution in [1.29, 1.82) is 0 Å². The summed E-state index contributed by atoms with van der Waals surface area (Å²) in [5.41, 5.74) is 5.07. The van der Waals surface area contributed by atoms with Crippen molar-refractivity contribution in [2.45, 2.75) is 19.1 Å². The first kappa shape index (κ1) is 14.9. The second kappa shape index (κ2) is 5.24. The van der Waals surface area contributed by atoms with Gasteiger partial charge in [-0.25, -0.2) is 9.17 Å². The summed E-state index contributed by atoms with van der Waals surface area (Å²) in [6, 6.07) is -1.22. The molecule has 0 aliphatic carbocycles. The highest BCUT2D eigenvalue weighted by atomic mass is 32.3. The van der Waals surface area contributed by atoms with Crippen molar-refractivity contribution >= 4 is 28.1 Å². The van der Waals surface area contributed by atoms with Gasteiger partial charge in [-0.05, 0) is 6.92 Å². The highest BCUT2D eigenvalue weighted by molar-refractivity contribution is 7.97. The van der Waals surface area contributed by atoms with Crippen LogP contribution in [0.3, 0.4) is 0 Å². The number of carbonyl (C=O) groups excluding carboxylic acids is 1. The van der Waals surface area contributed by atoms with Crippen LogP contribution < -0.4 is 5.73 Å². The van der Waals surface area contributed by atoms with Crippen molar-refractivity contribution < 1.29 is 31.5 Å². The number of rotatable bonds is 5. The molecule has 0 spiro atoms. The van der Waals surface area contributed by atoms with Gasteiger partial charge in [-0.15, -0.1) is 0 Å². The smallest absolute Gasteiger partial charge is 0.397 e. The number of nitrogens with two attached hydrogens (primary N) is 1. The minimum atomic E-state index is -4.69. The zero-order valence-corrected chi connectivity index (χ0v) is 10.7. The average molecular weight is 298 g/mol. The fourth-order valence-corrected chi connectivity index (χ4v) is 1.71. The van der Waals surface area contributed by atoms with E-state index in [1.165, 1.54) is 6.92 Å². The van der Waals surface area contributed by atoms with Gasteiger partial charge in [0.1, 0.15) is 12.1 Å². The van der Waals surface area contributed by atoms with E-state index in [0.717, 1.165) is 0 Å². The van der Waals surface area contributed by atoms with Crippen molar-refractivity contribution in [2.75, 3.05) is 0 Å². The third kappa shape index (κ3) is 3.68. The molecule has 18 heavy (non-hydrogen) atoms. The van der Waals surface area contributed by atoms with E-state index >= 15 is 0 Å². The molecule has 0 amide bonds. The predicted molar refractivity (Wildman–Crippen MR) is 60.5 cm³/mol. The summed E-state index contributed by atoms with van der Waals surface area (Å²) >= 11 is 3.43. The fourth-order valence-electron chi connectivity index (χ4n) is 1.06. The van der Waals surface area contributed by atoms with E-state index in [1.807, 2.05) is 0 Å². The van der Waals surface area contributed by atoms with E-state index in [1.54, 1.807) is 0 Å². The summed E-state index contributed by atoms with van der Waals surface area (Å²) in [5, 5.41) is 8.35. The third-order valence-electron chi connectivity index (χ3n) is 1.89. The second-order valence-electron chi connectivity index (χ2n) is 3.27. The lowest BCUT2D eigenvalue weighted by Gasteiger charge is -2.14. The maximum atomic E-state index is 10.9. The van der Waals surface area contributed by atoms with Gasteiger partial charge in [0.15, 0.2) is 0 Å². The van der Waals surface area contributed by atoms with E-state index < -0.39 is 39.3 Å². The van der Waals surface area contributed by atoms with Crippen molar-refractivity contribution in [2.24, 2.45) is 5.73 Å². The van der Waals surface area contributed by atoms with Crippen molar-refractivity contribution in [3.8, 4) is 5.95 Å². The van der Waals surface area contributed by atoms with Gasteiger partial charge < -0.3 is 15.3 Å². The molecular formula is C7H10N2O7S2. The summed E-state index contributed by atoms with van der Waals surface area (Å²) in [5.74, 6) is -1.12. The molecule has 0 unspecified atom stereocenters. The van der Waals surface area contributed by atoms with E-state index in [4.69, 9.17) is 10.3 Å². The quantitative estimate of drug-likeness (QED) is 0.422. The van der Waals surface area contributed by atoms with Crippen LogP contribution in [0.25, 0.3) is 0 Å². The monoisotopic (exact) mass is 298 g/mol. The second-order valence-corrected chi connectivity index (χ2v) is 4.72. The van der Waals surface area contributed by atoms with Gasteiger partial charge >= 0.3 is 16.3 Å². The zero-order valence-electron chi connectivity index (χ0n) is 8.97. The summed E-state index contributed by atoms with van der Waals surface area (Å²) in [4.78, 5) is 14.4.